The molecule has 0 saturated heterocycles. The molecule has 0 aliphatic rings. The number of nitrogens with one attached hydrogen (secondary N) is 1. The Morgan fingerprint density at radius 2 is 1.61 bits per heavy atom. The van der Waals surface area contributed by atoms with Crippen LogP contribution in [0.3, 0.4) is 0 Å². The van der Waals surface area contributed by atoms with Gasteiger partial charge < -0.3 is 9.88 Å². The minimum absolute atomic E-state index is 0.0507. The fourth-order valence-electron chi connectivity index (χ4n) is 3.42. The van der Waals surface area contributed by atoms with Crippen molar-refractivity contribution in [2.24, 2.45) is 0 Å². The number of amides is 1. The molecular weight excluding hydrogens is 428 g/mol. The third-order valence-corrected chi connectivity index (χ3v) is 6.49. The first-order valence-corrected chi connectivity index (χ1v) is 12.1. The predicted molar refractivity (Wildman–Crippen MR) is 127 cm³/mol. The Kier molecular flexibility index (Phi) is 7.72. The zero-order valence-electron chi connectivity index (χ0n) is 18.8. The molecule has 0 atom stereocenters. The molecule has 0 aliphatic carbocycles. The molecule has 2 heterocycles. The molecule has 0 aliphatic heterocycles. The molecule has 7 nitrogen and oxygen atoms in total. The third kappa shape index (κ3) is 6.07. The molecule has 0 radical (unpaired) electrons. The number of nitrogens with zero attached hydrogens (tertiary/aromatic N) is 5. The number of hydrogen-bond acceptors (Lipinski definition) is 7. The SMILES string of the molecule is CCn1c(CSc2nc(C)cc(C)n2)nnc1SCC(=O)Nc1c(C)cc(C)cc1C. The van der Waals surface area contributed by atoms with Gasteiger partial charge in [0.05, 0.1) is 11.5 Å². The van der Waals surface area contributed by atoms with Crippen molar-refractivity contribution in [3.63, 3.8) is 0 Å². The van der Waals surface area contributed by atoms with Gasteiger partial charge in [-0.1, -0.05) is 41.2 Å². The molecule has 31 heavy (non-hydrogen) atoms. The van der Waals surface area contributed by atoms with Gasteiger partial charge in [-0.05, 0) is 58.7 Å². The van der Waals surface area contributed by atoms with Gasteiger partial charge in [0.2, 0.25) is 5.91 Å². The normalized spacial score (nSPS) is 11.0. The van der Waals surface area contributed by atoms with Gasteiger partial charge in [0.1, 0.15) is 5.82 Å². The summed E-state index contributed by atoms with van der Waals surface area (Å²) in [7, 11) is 0. The van der Waals surface area contributed by atoms with E-state index in [0.29, 0.717) is 5.75 Å². The van der Waals surface area contributed by atoms with E-state index < -0.39 is 0 Å². The third-order valence-electron chi connectivity index (χ3n) is 4.68. The summed E-state index contributed by atoms with van der Waals surface area (Å²) in [6.45, 7) is 12.8. The van der Waals surface area contributed by atoms with Crippen molar-refractivity contribution in [3.8, 4) is 0 Å². The molecule has 164 valence electrons. The van der Waals surface area contributed by atoms with Gasteiger partial charge in [-0.3, -0.25) is 4.79 Å². The monoisotopic (exact) mass is 456 g/mol. The van der Waals surface area contributed by atoms with Gasteiger partial charge in [0, 0.05) is 23.6 Å². The van der Waals surface area contributed by atoms with Gasteiger partial charge in [0.15, 0.2) is 10.3 Å². The van der Waals surface area contributed by atoms with Crippen molar-refractivity contribution in [2.75, 3.05) is 11.1 Å². The van der Waals surface area contributed by atoms with Crippen molar-refractivity contribution in [3.05, 3.63) is 52.1 Å². The number of benzene rings is 1. The Labute approximate surface area is 191 Å². The van der Waals surface area contributed by atoms with Crippen molar-refractivity contribution < 1.29 is 4.79 Å². The standard InChI is InChI=1S/C22H28N6OS2/c1-7-28-18(11-30-21-23-16(5)10-17(6)24-21)26-27-22(28)31-12-19(29)25-20-14(3)8-13(2)9-15(20)4/h8-10H,7,11-12H2,1-6H3,(H,25,29). The fraction of sp³-hybridized carbons (Fsp3) is 0.409. The van der Waals surface area contributed by atoms with Crippen LogP contribution < -0.4 is 5.32 Å². The summed E-state index contributed by atoms with van der Waals surface area (Å²) in [5.41, 5.74) is 6.12. The van der Waals surface area contributed by atoms with Crippen LogP contribution in [0.4, 0.5) is 5.69 Å². The van der Waals surface area contributed by atoms with E-state index in [1.807, 2.05) is 45.3 Å². The number of aryl methyl sites for hydroxylation is 5. The maximum atomic E-state index is 12.5. The molecule has 0 saturated carbocycles. The molecular formula is C22H28N6OS2. The Bertz CT molecular complexity index is 1050. The lowest BCUT2D eigenvalue weighted by atomic mass is 10.1. The number of carbonyl (C=O) groups is 1. The highest BCUT2D eigenvalue weighted by molar-refractivity contribution is 7.99. The topological polar surface area (TPSA) is 85.6 Å². The lowest BCUT2D eigenvalue weighted by Gasteiger charge is -2.13. The van der Waals surface area contributed by atoms with Crippen LogP contribution in [0.25, 0.3) is 0 Å². The van der Waals surface area contributed by atoms with E-state index in [2.05, 4.69) is 44.5 Å². The predicted octanol–water partition coefficient (Wildman–Crippen LogP) is 4.65. The van der Waals surface area contributed by atoms with Crippen LogP contribution in [0.1, 0.15) is 40.8 Å². The molecule has 0 spiro atoms. The van der Waals surface area contributed by atoms with E-state index in [-0.39, 0.29) is 11.7 Å². The van der Waals surface area contributed by atoms with E-state index in [9.17, 15) is 4.79 Å². The quantitative estimate of drug-likeness (QED) is 0.390. The molecule has 0 fully saturated rings. The van der Waals surface area contributed by atoms with Crippen molar-refractivity contribution in [2.45, 2.75) is 64.2 Å². The highest BCUT2D eigenvalue weighted by Gasteiger charge is 2.15. The highest BCUT2D eigenvalue weighted by atomic mass is 32.2. The Balaban J connectivity index is 1.62. The van der Waals surface area contributed by atoms with E-state index in [1.54, 1.807) is 11.8 Å². The van der Waals surface area contributed by atoms with Gasteiger partial charge in [-0.25, -0.2) is 9.97 Å². The molecule has 1 N–H and O–H groups in total. The van der Waals surface area contributed by atoms with Gasteiger partial charge in [0.25, 0.3) is 0 Å². The molecule has 0 unspecified atom stereocenters. The number of thioether (sulfide) groups is 2. The number of aromatic nitrogens is 5. The van der Waals surface area contributed by atoms with Crippen LogP contribution >= 0.6 is 23.5 Å². The van der Waals surface area contributed by atoms with E-state index in [4.69, 9.17) is 0 Å². The molecule has 9 heteroatoms. The Morgan fingerprint density at radius 1 is 0.968 bits per heavy atom. The molecule has 1 amide bonds. The maximum absolute atomic E-state index is 12.5. The second-order valence-electron chi connectivity index (χ2n) is 7.48. The van der Waals surface area contributed by atoms with Crippen LogP contribution in [0.5, 0.6) is 0 Å². The summed E-state index contributed by atoms with van der Waals surface area (Å²) in [5.74, 6) is 1.70. The van der Waals surface area contributed by atoms with Crippen LogP contribution in [-0.4, -0.2) is 36.4 Å². The van der Waals surface area contributed by atoms with Crippen LogP contribution in [0.2, 0.25) is 0 Å². The summed E-state index contributed by atoms with van der Waals surface area (Å²) in [4.78, 5) is 21.5. The van der Waals surface area contributed by atoms with Gasteiger partial charge >= 0.3 is 0 Å². The maximum Gasteiger partial charge on any atom is 0.234 e. The molecule has 3 rings (SSSR count). The summed E-state index contributed by atoms with van der Waals surface area (Å²) < 4.78 is 2.04. The first-order chi connectivity index (χ1) is 14.8. The molecule has 3 aromatic rings. The van der Waals surface area contributed by atoms with Gasteiger partial charge in [-0.2, -0.15) is 0 Å². The first-order valence-electron chi connectivity index (χ1n) is 10.1. The lowest BCUT2D eigenvalue weighted by molar-refractivity contribution is -0.113. The van der Waals surface area contributed by atoms with E-state index >= 15 is 0 Å². The second kappa shape index (κ2) is 10.3. The average Bonchev–Trinajstić information content (AvgIpc) is 3.08. The van der Waals surface area contributed by atoms with E-state index in [0.717, 1.165) is 50.9 Å². The lowest BCUT2D eigenvalue weighted by Crippen LogP contribution is -2.16. The smallest absolute Gasteiger partial charge is 0.234 e. The minimum Gasteiger partial charge on any atom is -0.325 e. The molecule has 0 bridgehead atoms. The highest BCUT2D eigenvalue weighted by Crippen LogP contribution is 2.25. The summed E-state index contributed by atoms with van der Waals surface area (Å²) in [6, 6.07) is 6.11. The number of rotatable bonds is 8. The minimum atomic E-state index is -0.0507. The number of hydrogen-bond donors (Lipinski definition) is 1. The van der Waals surface area contributed by atoms with Crippen LogP contribution in [-0.2, 0) is 17.1 Å². The van der Waals surface area contributed by atoms with Gasteiger partial charge in [-0.15, -0.1) is 10.2 Å². The fourth-order valence-corrected chi connectivity index (χ4v) is 5.13. The molecule has 2 aromatic heterocycles. The Hall–Kier alpha value is -2.39. The summed E-state index contributed by atoms with van der Waals surface area (Å²) in [5, 5.41) is 13.2. The van der Waals surface area contributed by atoms with E-state index in [1.165, 1.54) is 17.3 Å². The van der Waals surface area contributed by atoms with Crippen LogP contribution in [0.15, 0.2) is 28.5 Å². The van der Waals surface area contributed by atoms with Crippen LogP contribution in [0, 0.1) is 34.6 Å². The summed E-state index contributed by atoms with van der Waals surface area (Å²) in [6.07, 6.45) is 0. The summed E-state index contributed by atoms with van der Waals surface area (Å²) >= 11 is 2.94. The zero-order chi connectivity index (χ0) is 22.5. The van der Waals surface area contributed by atoms with Crippen molar-refractivity contribution in [1.82, 2.24) is 24.7 Å². The Morgan fingerprint density at radius 3 is 2.23 bits per heavy atom. The number of carbonyl (C=O) groups excluding carboxylic acids is 1. The van der Waals surface area contributed by atoms with Crippen molar-refractivity contribution >= 4 is 35.1 Å². The number of anilines is 1. The largest absolute Gasteiger partial charge is 0.325 e. The zero-order valence-corrected chi connectivity index (χ0v) is 20.4. The van der Waals surface area contributed by atoms with Crippen molar-refractivity contribution in [1.29, 1.82) is 0 Å². The second-order valence-corrected chi connectivity index (χ2v) is 9.36. The molecule has 1 aromatic carbocycles. The first kappa shape index (κ1) is 23.3. The average molecular weight is 457 g/mol.